The second kappa shape index (κ2) is 6.39. The molecule has 120 valence electrons. The first kappa shape index (κ1) is 14.2. The van der Waals surface area contributed by atoms with Crippen molar-refractivity contribution in [2.24, 2.45) is 0 Å². The molecule has 0 atom stereocenters. The Hall–Kier alpha value is -2.38. The van der Waals surface area contributed by atoms with Gasteiger partial charge in [-0.2, -0.15) is 0 Å². The molecule has 0 amide bonds. The maximum absolute atomic E-state index is 5.72. The first-order valence-electron chi connectivity index (χ1n) is 7.82. The summed E-state index contributed by atoms with van der Waals surface area (Å²) in [6, 6.07) is 9.81. The van der Waals surface area contributed by atoms with Gasteiger partial charge in [-0.3, -0.25) is 10.00 Å². The minimum Gasteiger partial charge on any atom is -0.475 e. The van der Waals surface area contributed by atoms with Crippen LogP contribution in [0.25, 0.3) is 22.6 Å². The molecule has 4 rings (SSSR count). The summed E-state index contributed by atoms with van der Waals surface area (Å²) in [6.45, 7) is 5.04. The molecule has 0 aliphatic carbocycles. The number of para-hydroxylation sites is 2. The van der Waals surface area contributed by atoms with Gasteiger partial charge in [0.05, 0.1) is 24.2 Å². The summed E-state index contributed by atoms with van der Waals surface area (Å²) < 4.78 is 11.0. The van der Waals surface area contributed by atoms with E-state index in [-0.39, 0.29) is 0 Å². The van der Waals surface area contributed by atoms with E-state index < -0.39 is 0 Å². The van der Waals surface area contributed by atoms with Gasteiger partial charge in [0.25, 0.3) is 0 Å². The lowest BCUT2D eigenvalue weighted by atomic mass is 10.3. The SMILES string of the molecule is c1ccc2[nH]c(-c3cc(OCCN4CCOCC4)n[nH]3)nc2c1. The van der Waals surface area contributed by atoms with Crippen molar-refractivity contribution in [2.75, 3.05) is 39.5 Å². The van der Waals surface area contributed by atoms with Crippen LogP contribution in [0.1, 0.15) is 0 Å². The summed E-state index contributed by atoms with van der Waals surface area (Å²) in [5, 5.41) is 7.16. The van der Waals surface area contributed by atoms with Crippen LogP contribution in [0.3, 0.4) is 0 Å². The van der Waals surface area contributed by atoms with Gasteiger partial charge in [-0.05, 0) is 12.1 Å². The van der Waals surface area contributed by atoms with Crippen LogP contribution >= 0.6 is 0 Å². The second-order valence-electron chi connectivity index (χ2n) is 5.52. The highest BCUT2D eigenvalue weighted by molar-refractivity contribution is 5.78. The van der Waals surface area contributed by atoms with E-state index in [9.17, 15) is 0 Å². The Labute approximate surface area is 133 Å². The number of nitrogens with one attached hydrogen (secondary N) is 2. The standard InChI is InChI=1S/C16H19N5O2/c1-2-4-13-12(3-1)17-16(18-13)14-11-15(20-19-14)23-10-7-21-5-8-22-9-6-21/h1-4,11H,5-10H2,(H,17,18)(H,19,20). The number of aromatic amines is 2. The number of aromatic nitrogens is 4. The van der Waals surface area contributed by atoms with Gasteiger partial charge < -0.3 is 14.5 Å². The highest BCUT2D eigenvalue weighted by Crippen LogP contribution is 2.21. The number of nitrogens with zero attached hydrogens (tertiary/aromatic N) is 3. The summed E-state index contributed by atoms with van der Waals surface area (Å²) >= 11 is 0. The van der Waals surface area contributed by atoms with Crippen LogP contribution in [-0.4, -0.2) is 64.5 Å². The van der Waals surface area contributed by atoms with Crippen molar-refractivity contribution < 1.29 is 9.47 Å². The van der Waals surface area contributed by atoms with E-state index in [0.29, 0.717) is 12.5 Å². The number of rotatable bonds is 5. The number of imidazole rings is 1. The summed E-state index contributed by atoms with van der Waals surface area (Å²) in [4.78, 5) is 10.1. The number of morpholine rings is 1. The Morgan fingerprint density at radius 3 is 2.96 bits per heavy atom. The van der Waals surface area contributed by atoms with Gasteiger partial charge in [0.15, 0.2) is 5.82 Å². The summed E-state index contributed by atoms with van der Waals surface area (Å²) in [7, 11) is 0. The average molecular weight is 313 g/mol. The summed E-state index contributed by atoms with van der Waals surface area (Å²) in [5.74, 6) is 1.36. The molecule has 0 bridgehead atoms. The van der Waals surface area contributed by atoms with Crippen LogP contribution in [0.15, 0.2) is 30.3 Å². The van der Waals surface area contributed by atoms with E-state index in [0.717, 1.165) is 55.4 Å². The second-order valence-corrected chi connectivity index (χ2v) is 5.52. The molecule has 1 saturated heterocycles. The molecule has 23 heavy (non-hydrogen) atoms. The molecule has 7 heteroatoms. The zero-order valence-electron chi connectivity index (χ0n) is 12.8. The molecule has 2 aromatic heterocycles. The van der Waals surface area contributed by atoms with Gasteiger partial charge in [-0.1, -0.05) is 12.1 Å². The molecular formula is C16H19N5O2. The highest BCUT2D eigenvalue weighted by Gasteiger charge is 2.12. The average Bonchev–Trinajstić information content (AvgIpc) is 3.22. The number of H-pyrrole nitrogens is 2. The summed E-state index contributed by atoms with van der Waals surface area (Å²) in [6.07, 6.45) is 0. The van der Waals surface area contributed by atoms with Gasteiger partial charge in [-0.25, -0.2) is 4.98 Å². The molecule has 1 aromatic carbocycles. The van der Waals surface area contributed by atoms with Gasteiger partial charge in [0, 0.05) is 25.7 Å². The Morgan fingerprint density at radius 1 is 1.22 bits per heavy atom. The van der Waals surface area contributed by atoms with Gasteiger partial charge in [-0.15, -0.1) is 5.10 Å². The normalized spacial score (nSPS) is 16.0. The van der Waals surface area contributed by atoms with Crippen molar-refractivity contribution >= 4 is 11.0 Å². The van der Waals surface area contributed by atoms with E-state index in [1.54, 1.807) is 0 Å². The topological polar surface area (TPSA) is 79.1 Å². The van der Waals surface area contributed by atoms with Crippen molar-refractivity contribution in [1.82, 2.24) is 25.1 Å². The van der Waals surface area contributed by atoms with Crippen LogP contribution in [0.5, 0.6) is 5.88 Å². The van der Waals surface area contributed by atoms with Gasteiger partial charge >= 0.3 is 0 Å². The number of ether oxygens (including phenoxy) is 2. The molecule has 0 unspecified atom stereocenters. The molecular weight excluding hydrogens is 294 g/mol. The zero-order valence-corrected chi connectivity index (χ0v) is 12.8. The Kier molecular flexibility index (Phi) is 3.95. The zero-order chi connectivity index (χ0) is 15.5. The molecule has 7 nitrogen and oxygen atoms in total. The van der Waals surface area contributed by atoms with Crippen LogP contribution < -0.4 is 4.74 Å². The molecule has 0 saturated carbocycles. The van der Waals surface area contributed by atoms with E-state index in [4.69, 9.17) is 9.47 Å². The molecule has 0 radical (unpaired) electrons. The number of fused-ring (bicyclic) bond motifs is 1. The number of benzene rings is 1. The smallest absolute Gasteiger partial charge is 0.233 e. The van der Waals surface area contributed by atoms with E-state index in [1.165, 1.54) is 0 Å². The van der Waals surface area contributed by atoms with Crippen LogP contribution in [0.2, 0.25) is 0 Å². The fourth-order valence-electron chi connectivity index (χ4n) is 2.68. The third-order valence-electron chi connectivity index (χ3n) is 3.96. The van der Waals surface area contributed by atoms with Crippen molar-refractivity contribution in [3.05, 3.63) is 30.3 Å². The van der Waals surface area contributed by atoms with Crippen molar-refractivity contribution in [3.63, 3.8) is 0 Å². The predicted molar refractivity (Wildman–Crippen MR) is 86.4 cm³/mol. The van der Waals surface area contributed by atoms with Crippen LogP contribution in [-0.2, 0) is 4.74 Å². The largest absolute Gasteiger partial charge is 0.475 e. The molecule has 2 N–H and O–H groups in total. The van der Waals surface area contributed by atoms with Crippen molar-refractivity contribution in [3.8, 4) is 17.4 Å². The van der Waals surface area contributed by atoms with Crippen molar-refractivity contribution in [1.29, 1.82) is 0 Å². The number of hydrogen-bond acceptors (Lipinski definition) is 5. The van der Waals surface area contributed by atoms with Crippen LogP contribution in [0, 0.1) is 0 Å². The van der Waals surface area contributed by atoms with Crippen molar-refractivity contribution in [2.45, 2.75) is 0 Å². The fraction of sp³-hybridized carbons (Fsp3) is 0.375. The maximum atomic E-state index is 5.72. The quantitative estimate of drug-likeness (QED) is 0.749. The Morgan fingerprint density at radius 2 is 2.09 bits per heavy atom. The minimum absolute atomic E-state index is 0.591. The lowest BCUT2D eigenvalue weighted by molar-refractivity contribution is 0.0320. The Balaban J connectivity index is 1.38. The van der Waals surface area contributed by atoms with Crippen LogP contribution in [0.4, 0.5) is 0 Å². The molecule has 3 heterocycles. The molecule has 0 spiro atoms. The van der Waals surface area contributed by atoms with Gasteiger partial charge in [0.2, 0.25) is 5.88 Å². The molecule has 1 fully saturated rings. The van der Waals surface area contributed by atoms with E-state index in [1.807, 2.05) is 30.3 Å². The minimum atomic E-state index is 0.591. The first-order valence-corrected chi connectivity index (χ1v) is 7.82. The third kappa shape index (κ3) is 3.20. The highest BCUT2D eigenvalue weighted by atomic mass is 16.5. The molecule has 3 aromatic rings. The monoisotopic (exact) mass is 313 g/mol. The molecule has 1 aliphatic rings. The lowest BCUT2D eigenvalue weighted by Gasteiger charge is -2.26. The number of hydrogen-bond donors (Lipinski definition) is 2. The Bertz CT molecular complexity index is 742. The fourth-order valence-corrected chi connectivity index (χ4v) is 2.68. The summed E-state index contributed by atoms with van der Waals surface area (Å²) in [5.41, 5.74) is 2.77. The van der Waals surface area contributed by atoms with Gasteiger partial charge in [0.1, 0.15) is 12.3 Å². The maximum Gasteiger partial charge on any atom is 0.233 e. The lowest BCUT2D eigenvalue weighted by Crippen LogP contribution is -2.38. The van der Waals surface area contributed by atoms with E-state index in [2.05, 4.69) is 25.1 Å². The predicted octanol–water partition coefficient (Wildman–Crippen LogP) is 1.66. The third-order valence-corrected chi connectivity index (χ3v) is 3.96. The first-order chi connectivity index (χ1) is 11.4. The van der Waals surface area contributed by atoms with E-state index >= 15 is 0 Å². The molecule has 1 aliphatic heterocycles.